The standard InChI is InChI=1S/C13H16FN3O3/c14-9-1-2-11(10(7-9)13(19)20)16-12(18)8-17-5-3-15-4-6-17/h1-2,7,15H,3-6,8H2,(H,16,18)(H,19,20). The molecule has 0 atom stereocenters. The Balaban J connectivity index is 2.01. The molecule has 7 heteroatoms. The van der Waals surface area contributed by atoms with Gasteiger partial charge in [-0.2, -0.15) is 0 Å². The van der Waals surface area contributed by atoms with E-state index in [4.69, 9.17) is 5.11 Å². The first kappa shape index (κ1) is 14.4. The van der Waals surface area contributed by atoms with Gasteiger partial charge in [0.05, 0.1) is 17.8 Å². The number of aromatic carboxylic acids is 1. The van der Waals surface area contributed by atoms with Gasteiger partial charge in [-0.25, -0.2) is 9.18 Å². The molecule has 1 heterocycles. The van der Waals surface area contributed by atoms with Crippen molar-refractivity contribution in [2.45, 2.75) is 0 Å². The highest BCUT2D eigenvalue weighted by atomic mass is 19.1. The molecule has 0 aliphatic carbocycles. The summed E-state index contributed by atoms with van der Waals surface area (Å²) in [6, 6.07) is 3.27. The Bertz CT molecular complexity index is 516. The van der Waals surface area contributed by atoms with Crippen molar-refractivity contribution in [1.29, 1.82) is 0 Å². The largest absolute Gasteiger partial charge is 0.478 e. The Morgan fingerprint density at radius 2 is 2.05 bits per heavy atom. The lowest BCUT2D eigenvalue weighted by molar-refractivity contribution is -0.117. The number of carboxylic acids is 1. The summed E-state index contributed by atoms with van der Waals surface area (Å²) in [5.41, 5.74) is -0.141. The fraction of sp³-hybridized carbons (Fsp3) is 0.385. The van der Waals surface area contributed by atoms with Crippen LogP contribution in [0.2, 0.25) is 0 Å². The first-order valence-electron chi connectivity index (χ1n) is 6.32. The van der Waals surface area contributed by atoms with E-state index in [0.717, 1.165) is 38.3 Å². The van der Waals surface area contributed by atoms with Gasteiger partial charge in [-0.1, -0.05) is 0 Å². The average molecular weight is 281 g/mol. The molecule has 20 heavy (non-hydrogen) atoms. The molecule has 108 valence electrons. The van der Waals surface area contributed by atoms with Crippen LogP contribution < -0.4 is 10.6 Å². The highest BCUT2D eigenvalue weighted by Gasteiger charge is 2.16. The number of hydrogen-bond donors (Lipinski definition) is 3. The Hall–Kier alpha value is -1.99. The van der Waals surface area contributed by atoms with Gasteiger partial charge in [-0.15, -0.1) is 0 Å². The van der Waals surface area contributed by atoms with E-state index >= 15 is 0 Å². The van der Waals surface area contributed by atoms with Crippen LogP contribution in [-0.4, -0.2) is 54.6 Å². The summed E-state index contributed by atoms with van der Waals surface area (Å²) < 4.78 is 13.0. The lowest BCUT2D eigenvalue weighted by Gasteiger charge is -2.26. The maximum atomic E-state index is 13.0. The molecular formula is C13H16FN3O3. The number of benzene rings is 1. The second-order valence-corrected chi connectivity index (χ2v) is 4.57. The highest BCUT2D eigenvalue weighted by Crippen LogP contribution is 2.17. The van der Waals surface area contributed by atoms with E-state index in [-0.39, 0.29) is 23.7 Å². The van der Waals surface area contributed by atoms with Gasteiger partial charge in [0, 0.05) is 26.2 Å². The van der Waals surface area contributed by atoms with Gasteiger partial charge < -0.3 is 15.7 Å². The molecule has 1 aromatic rings. The summed E-state index contributed by atoms with van der Waals surface area (Å²) in [5, 5.41) is 14.7. The van der Waals surface area contributed by atoms with Crippen LogP contribution in [0.1, 0.15) is 10.4 Å². The third-order valence-electron chi connectivity index (χ3n) is 3.06. The van der Waals surface area contributed by atoms with Crippen molar-refractivity contribution in [3.63, 3.8) is 0 Å². The number of carbonyl (C=O) groups is 2. The molecule has 0 aromatic heterocycles. The zero-order chi connectivity index (χ0) is 14.5. The predicted octanol–water partition coefficient (Wildman–Crippen LogP) is 0.368. The number of anilines is 1. The third-order valence-corrected chi connectivity index (χ3v) is 3.06. The number of halogens is 1. The summed E-state index contributed by atoms with van der Waals surface area (Å²) in [4.78, 5) is 24.9. The molecule has 1 amide bonds. The molecule has 0 spiro atoms. The molecule has 1 aliphatic rings. The van der Waals surface area contributed by atoms with Crippen molar-refractivity contribution in [1.82, 2.24) is 10.2 Å². The normalized spacial score (nSPS) is 15.8. The summed E-state index contributed by atoms with van der Waals surface area (Å²) in [6.07, 6.45) is 0. The summed E-state index contributed by atoms with van der Waals surface area (Å²) in [7, 11) is 0. The molecule has 2 rings (SSSR count). The van der Waals surface area contributed by atoms with Gasteiger partial charge in [0.2, 0.25) is 5.91 Å². The molecule has 0 bridgehead atoms. The number of carboxylic acid groups (broad SMARTS) is 1. The Kier molecular flexibility index (Phi) is 4.65. The first-order valence-corrected chi connectivity index (χ1v) is 6.32. The van der Waals surface area contributed by atoms with E-state index in [1.807, 2.05) is 4.90 Å². The Labute approximate surface area is 115 Å². The summed E-state index contributed by atoms with van der Waals surface area (Å²) in [5.74, 6) is -2.23. The van der Waals surface area contributed by atoms with Gasteiger partial charge in [-0.3, -0.25) is 9.69 Å². The lowest BCUT2D eigenvalue weighted by Crippen LogP contribution is -2.46. The molecule has 1 aromatic carbocycles. The molecular weight excluding hydrogens is 265 g/mol. The van der Waals surface area contributed by atoms with Crippen molar-refractivity contribution in [2.75, 3.05) is 38.0 Å². The van der Waals surface area contributed by atoms with Gasteiger partial charge in [0.1, 0.15) is 5.82 Å². The van der Waals surface area contributed by atoms with E-state index in [2.05, 4.69) is 10.6 Å². The monoisotopic (exact) mass is 281 g/mol. The zero-order valence-electron chi connectivity index (χ0n) is 10.9. The molecule has 6 nitrogen and oxygen atoms in total. The number of nitrogens with one attached hydrogen (secondary N) is 2. The van der Waals surface area contributed by atoms with E-state index in [1.54, 1.807) is 0 Å². The predicted molar refractivity (Wildman–Crippen MR) is 71.3 cm³/mol. The van der Waals surface area contributed by atoms with Crippen LogP contribution in [0.3, 0.4) is 0 Å². The second kappa shape index (κ2) is 6.44. The molecule has 3 N–H and O–H groups in total. The highest BCUT2D eigenvalue weighted by molar-refractivity contribution is 6.01. The molecule has 0 saturated carbocycles. The zero-order valence-corrected chi connectivity index (χ0v) is 10.9. The van der Waals surface area contributed by atoms with E-state index in [1.165, 1.54) is 6.07 Å². The molecule has 1 fully saturated rings. The van der Waals surface area contributed by atoms with E-state index in [0.29, 0.717) is 0 Å². The SMILES string of the molecule is O=C(CN1CCNCC1)Nc1ccc(F)cc1C(=O)O. The summed E-state index contributed by atoms with van der Waals surface area (Å²) >= 11 is 0. The smallest absolute Gasteiger partial charge is 0.337 e. The number of piperazine rings is 1. The topological polar surface area (TPSA) is 81.7 Å². The van der Waals surface area contributed by atoms with Crippen molar-refractivity contribution < 1.29 is 19.1 Å². The Morgan fingerprint density at radius 1 is 1.35 bits per heavy atom. The van der Waals surface area contributed by atoms with Gasteiger partial charge in [0.25, 0.3) is 0 Å². The van der Waals surface area contributed by atoms with Crippen molar-refractivity contribution in [2.24, 2.45) is 0 Å². The maximum absolute atomic E-state index is 13.0. The van der Waals surface area contributed by atoms with Crippen molar-refractivity contribution in [3.05, 3.63) is 29.6 Å². The number of rotatable bonds is 4. The molecule has 0 unspecified atom stereocenters. The van der Waals surface area contributed by atoms with Crippen molar-refractivity contribution in [3.8, 4) is 0 Å². The van der Waals surface area contributed by atoms with Crippen LogP contribution >= 0.6 is 0 Å². The van der Waals surface area contributed by atoms with Crippen LogP contribution in [0, 0.1) is 5.82 Å². The van der Waals surface area contributed by atoms with Crippen molar-refractivity contribution >= 4 is 17.6 Å². The summed E-state index contributed by atoms with van der Waals surface area (Å²) in [6.45, 7) is 3.37. The lowest BCUT2D eigenvalue weighted by atomic mass is 10.1. The van der Waals surface area contributed by atoms with Gasteiger partial charge >= 0.3 is 5.97 Å². The minimum atomic E-state index is -1.28. The number of carbonyl (C=O) groups excluding carboxylic acids is 1. The van der Waals surface area contributed by atoms with Crippen LogP contribution in [-0.2, 0) is 4.79 Å². The Morgan fingerprint density at radius 3 is 2.70 bits per heavy atom. The minimum Gasteiger partial charge on any atom is -0.478 e. The third kappa shape index (κ3) is 3.75. The van der Waals surface area contributed by atoms with Crippen LogP contribution in [0.4, 0.5) is 10.1 Å². The van der Waals surface area contributed by atoms with Gasteiger partial charge in [0.15, 0.2) is 0 Å². The minimum absolute atomic E-state index is 0.110. The fourth-order valence-electron chi connectivity index (χ4n) is 2.06. The van der Waals surface area contributed by atoms with E-state index < -0.39 is 11.8 Å². The number of nitrogens with zero attached hydrogens (tertiary/aromatic N) is 1. The number of amides is 1. The second-order valence-electron chi connectivity index (χ2n) is 4.57. The molecule has 0 radical (unpaired) electrons. The molecule has 1 aliphatic heterocycles. The molecule has 1 saturated heterocycles. The quantitative estimate of drug-likeness (QED) is 0.743. The fourth-order valence-corrected chi connectivity index (χ4v) is 2.06. The van der Waals surface area contributed by atoms with Crippen LogP contribution in [0.25, 0.3) is 0 Å². The first-order chi connectivity index (χ1) is 9.56. The van der Waals surface area contributed by atoms with Gasteiger partial charge in [-0.05, 0) is 18.2 Å². The number of hydrogen-bond acceptors (Lipinski definition) is 4. The van der Waals surface area contributed by atoms with Crippen LogP contribution in [0.15, 0.2) is 18.2 Å². The maximum Gasteiger partial charge on any atom is 0.337 e. The average Bonchev–Trinajstić information content (AvgIpc) is 2.41. The van der Waals surface area contributed by atoms with E-state index in [9.17, 15) is 14.0 Å². The van der Waals surface area contributed by atoms with Crippen LogP contribution in [0.5, 0.6) is 0 Å².